The van der Waals surface area contributed by atoms with Crippen molar-refractivity contribution in [3.63, 3.8) is 0 Å². The number of ether oxygens (including phenoxy) is 2. The first-order valence-electron chi connectivity index (χ1n) is 11.5. The number of amides is 2. The van der Waals surface area contributed by atoms with Crippen molar-refractivity contribution in [2.24, 2.45) is 11.8 Å². The van der Waals surface area contributed by atoms with Gasteiger partial charge in [0, 0.05) is 13.6 Å². The molecule has 1 aliphatic rings. The Hall–Kier alpha value is -2.61. The van der Waals surface area contributed by atoms with Gasteiger partial charge in [0.1, 0.15) is 18.2 Å². The molecule has 1 saturated heterocycles. The fraction of sp³-hybridized carbons (Fsp3) is 0.640. The van der Waals surface area contributed by atoms with Gasteiger partial charge >= 0.3 is 12.1 Å². The average molecular weight is 463 g/mol. The van der Waals surface area contributed by atoms with Crippen molar-refractivity contribution in [3.8, 4) is 0 Å². The van der Waals surface area contributed by atoms with E-state index in [2.05, 4.69) is 0 Å². The summed E-state index contributed by atoms with van der Waals surface area (Å²) in [5.41, 5.74) is 0.179. The number of aliphatic hydroxyl groups is 1. The van der Waals surface area contributed by atoms with Crippen LogP contribution in [0.25, 0.3) is 0 Å². The Balaban J connectivity index is 2.14. The monoisotopic (exact) mass is 462 g/mol. The quantitative estimate of drug-likeness (QED) is 0.625. The van der Waals surface area contributed by atoms with Crippen molar-refractivity contribution in [3.05, 3.63) is 35.9 Å². The first-order chi connectivity index (χ1) is 15.5. The maximum Gasteiger partial charge on any atom is 0.410 e. The van der Waals surface area contributed by atoms with E-state index < -0.39 is 35.7 Å². The minimum atomic E-state index is -0.780. The van der Waals surface area contributed by atoms with Crippen molar-refractivity contribution in [1.82, 2.24) is 9.80 Å². The van der Waals surface area contributed by atoms with Crippen molar-refractivity contribution in [2.75, 3.05) is 20.2 Å². The van der Waals surface area contributed by atoms with Crippen LogP contribution in [0, 0.1) is 11.8 Å². The van der Waals surface area contributed by atoms with E-state index in [1.807, 2.05) is 44.2 Å². The molecule has 0 unspecified atom stereocenters. The Morgan fingerprint density at radius 3 is 2.36 bits per heavy atom. The van der Waals surface area contributed by atoms with E-state index in [0.29, 0.717) is 19.4 Å². The van der Waals surface area contributed by atoms with Crippen LogP contribution < -0.4 is 0 Å². The van der Waals surface area contributed by atoms with Gasteiger partial charge in [-0.1, -0.05) is 44.2 Å². The van der Waals surface area contributed by atoms with Crippen LogP contribution in [0.2, 0.25) is 0 Å². The lowest BCUT2D eigenvalue weighted by Crippen LogP contribution is -2.57. The number of benzene rings is 1. The van der Waals surface area contributed by atoms with Gasteiger partial charge in [-0.3, -0.25) is 4.79 Å². The second-order valence-corrected chi connectivity index (χ2v) is 9.90. The van der Waals surface area contributed by atoms with Crippen LogP contribution in [0.1, 0.15) is 53.0 Å². The fourth-order valence-corrected chi connectivity index (χ4v) is 4.21. The molecule has 0 saturated carbocycles. The van der Waals surface area contributed by atoms with Crippen LogP contribution in [-0.2, 0) is 25.7 Å². The molecule has 1 N–H and O–H groups in total. The number of aliphatic hydroxyl groups excluding tert-OH is 1. The molecule has 184 valence electrons. The summed E-state index contributed by atoms with van der Waals surface area (Å²) in [6.07, 6.45) is 0.562. The number of likely N-dealkylation sites (tertiary alicyclic amines) is 1. The predicted octanol–water partition coefficient (Wildman–Crippen LogP) is 3.22. The third-order valence-electron chi connectivity index (χ3n) is 5.77. The summed E-state index contributed by atoms with van der Waals surface area (Å²) in [5.74, 6) is -1.59. The second kappa shape index (κ2) is 11.5. The lowest BCUT2D eigenvalue weighted by atomic mass is 9.87. The molecule has 0 bridgehead atoms. The number of nitrogens with zero attached hydrogens (tertiary/aromatic N) is 2. The molecule has 0 radical (unpaired) electrons. The zero-order chi connectivity index (χ0) is 24.8. The SMILES string of the molecule is CC(C)[C@@H](C(=O)OCc1ccccc1)N(C)C(=O)[C@H]1CCCN(C(=O)OC(C)(C)C)[C@@H]1CO. The van der Waals surface area contributed by atoms with Crippen LogP contribution in [0.15, 0.2) is 30.3 Å². The largest absolute Gasteiger partial charge is 0.459 e. The van der Waals surface area contributed by atoms with Crippen LogP contribution in [0.5, 0.6) is 0 Å². The lowest BCUT2D eigenvalue weighted by Gasteiger charge is -2.42. The number of rotatable bonds is 7. The highest BCUT2D eigenvalue weighted by atomic mass is 16.6. The van der Waals surface area contributed by atoms with Gasteiger partial charge in [-0.15, -0.1) is 0 Å². The summed E-state index contributed by atoms with van der Waals surface area (Å²) in [4.78, 5) is 41.9. The maximum absolute atomic E-state index is 13.5. The highest BCUT2D eigenvalue weighted by Gasteiger charge is 2.43. The maximum atomic E-state index is 13.5. The molecular formula is C25H38N2O6. The van der Waals surface area contributed by atoms with Gasteiger partial charge in [0.2, 0.25) is 5.91 Å². The summed E-state index contributed by atoms with van der Waals surface area (Å²) in [7, 11) is 1.58. The van der Waals surface area contributed by atoms with E-state index >= 15 is 0 Å². The number of carbonyl (C=O) groups is 3. The molecule has 2 rings (SSSR count). The van der Waals surface area contributed by atoms with Crippen LogP contribution >= 0.6 is 0 Å². The van der Waals surface area contributed by atoms with Gasteiger partial charge in [0.25, 0.3) is 0 Å². The summed E-state index contributed by atoms with van der Waals surface area (Å²) < 4.78 is 11.0. The molecule has 3 atom stereocenters. The molecule has 33 heavy (non-hydrogen) atoms. The van der Waals surface area contributed by atoms with Crippen molar-refractivity contribution in [2.45, 2.75) is 71.8 Å². The van der Waals surface area contributed by atoms with Gasteiger partial charge in [0.15, 0.2) is 0 Å². The summed E-state index contributed by atoms with van der Waals surface area (Å²) >= 11 is 0. The van der Waals surface area contributed by atoms with Gasteiger partial charge in [-0.2, -0.15) is 0 Å². The fourth-order valence-electron chi connectivity index (χ4n) is 4.21. The Morgan fingerprint density at radius 2 is 1.82 bits per heavy atom. The first-order valence-corrected chi connectivity index (χ1v) is 11.5. The van der Waals surface area contributed by atoms with Gasteiger partial charge in [-0.05, 0) is 45.1 Å². The Labute approximate surface area is 196 Å². The van der Waals surface area contributed by atoms with E-state index in [4.69, 9.17) is 9.47 Å². The minimum absolute atomic E-state index is 0.125. The molecule has 1 heterocycles. The third kappa shape index (κ3) is 7.19. The first kappa shape index (κ1) is 26.6. The smallest absolute Gasteiger partial charge is 0.410 e. The number of carbonyl (C=O) groups excluding carboxylic acids is 3. The summed E-state index contributed by atoms with van der Waals surface area (Å²) in [6, 6.07) is 7.86. The van der Waals surface area contributed by atoms with E-state index in [1.54, 1.807) is 27.8 Å². The number of piperidine rings is 1. The van der Waals surface area contributed by atoms with Crippen molar-refractivity contribution in [1.29, 1.82) is 0 Å². The molecule has 1 aromatic carbocycles. The van der Waals surface area contributed by atoms with E-state index in [0.717, 1.165) is 5.56 Å². The summed E-state index contributed by atoms with van der Waals surface area (Å²) in [5, 5.41) is 10.1. The third-order valence-corrected chi connectivity index (χ3v) is 5.77. The van der Waals surface area contributed by atoms with E-state index in [9.17, 15) is 19.5 Å². The van der Waals surface area contributed by atoms with Gasteiger partial charge < -0.3 is 24.4 Å². The zero-order valence-electron chi connectivity index (χ0n) is 20.6. The molecule has 2 amide bonds. The zero-order valence-corrected chi connectivity index (χ0v) is 20.6. The number of esters is 1. The van der Waals surface area contributed by atoms with Gasteiger partial charge in [0.05, 0.1) is 18.6 Å². The molecular weight excluding hydrogens is 424 g/mol. The second-order valence-electron chi connectivity index (χ2n) is 9.90. The van der Waals surface area contributed by atoms with E-state index in [1.165, 1.54) is 9.80 Å². The number of hydrogen-bond donors (Lipinski definition) is 1. The minimum Gasteiger partial charge on any atom is -0.459 e. The molecule has 8 nitrogen and oxygen atoms in total. The lowest BCUT2D eigenvalue weighted by molar-refractivity contribution is -0.160. The Morgan fingerprint density at radius 1 is 1.18 bits per heavy atom. The van der Waals surface area contributed by atoms with Gasteiger partial charge in [-0.25, -0.2) is 9.59 Å². The van der Waals surface area contributed by atoms with Crippen LogP contribution in [-0.4, -0.2) is 70.8 Å². The normalized spacial score (nSPS) is 19.7. The highest BCUT2D eigenvalue weighted by molar-refractivity contribution is 5.86. The van der Waals surface area contributed by atoms with Crippen LogP contribution in [0.3, 0.4) is 0 Å². The predicted molar refractivity (Wildman–Crippen MR) is 124 cm³/mol. The molecule has 0 spiro atoms. The molecule has 8 heteroatoms. The molecule has 0 aromatic heterocycles. The standard InChI is InChI=1S/C25H38N2O6/c1-17(2)21(23(30)32-16-18-11-8-7-9-12-18)26(6)22(29)19-13-10-14-27(20(19)15-28)24(31)33-25(3,4)5/h7-9,11-12,17,19-21,28H,10,13-16H2,1-6H3/t19-,20+,21-/m0/s1. The van der Waals surface area contributed by atoms with Crippen molar-refractivity contribution < 1.29 is 29.0 Å². The Kier molecular flexibility index (Phi) is 9.28. The van der Waals surface area contributed by atoms with Crippen LogP contribution in [0.4, 0.5) is 4.79 Å². The highest BCUT2D eigenvalue weighted by Crippen LogP contribution is 2.28. The Bertz CT molecular complexity index is 805. The average Bonchev–Trinajstić information content (AvgIpc) is 2.75. The summed E-state index contributed by atoms with van der Waals surface area (Å²) in [6.45, 7) is 9.19. The molecule has 1 aliphatic heterocycles. The van der Waals surface area contributed by atoms with Crippen molar-refractivity contribution >= 4 is 18.0 Å². The topological polar surface area (TPSA) is 96.4 Å². The molecule has 0 aliphatic carbocycles. The van der Waals surface area contributed by atoms with E-state index in [-0.39, 0.29) is 25.0 Å². The molecule has 1 aromatic rings. The number of likely N-dealkylation sites (N-methyl/N-ethyl adjacent to an activating group) is 1. The molecule has 1 fully saturated rings. The number of hydrogen-bond acceptors (Lipinski definition) is 6.